The van der Waals surface area contributed by atoms with Crippen molar-refractivity contribution in [3.05, 3.63) is 108 Å². The molecule has 0 aromatic heterocycles. The van der Waals surface area contributed by atoms with Gasteiger partial charge in [-0.2, -0.15) is 0 Å². The van der Waals surface area contributed by atoms with Crippen LogP contribution in [-0.4, -0.2) is 31.4 Å². The van der Waals surface area contributed by atoms with Crippen molar-refractivity contribution in [2.45, 2.75) is 6.10 Å². The van der Waals surface area contributed by atoms with Gasteiger partial charge in [0.2, 0.25) is 0 Å². The smallest absolute Gasteiger partial charge is 0.195 e. The molecule has 4 heteroatoms. The number of Topliss-reactive ketones (excluding diaryl/α,β-unsaturated/α-hetero) is 1. The van der Waals surface area contributed by atoms with Crippen LogP contribution in [0.4, 0.5) is 0 Å². The van der Waals surface area contributed by atoms with Crippen molar-refractivity contribution >= 4 is 12.1 Å². The standard InChI is InChI=1S/C14H12O2.C7H6O.C2H6O/c15-13(11-7-3-1-4-8-11)14(16)12-9-5-2-6-10-12;8-6-7-4-2-1-3-5-7;1-3-2/h1-10,13,15H;1-6H;1-2H3. The number of aldehydes is 1. The minimum Gasteiger partial charge on any atom is -0.388 e. The molecule has 1 atom stereocenters. The van der Waals surface area contributed by atoms with Crippen molar-refractivity contribution in [3.63, 3.8) is 0 Å². The average Bonchev–Trinajstić information content (AvgIpc) is 2.75. The molecule has 0 bridgehead atoms. The van der Waals surface area contributed by atoms with Crippen molar-refractivity contribution in [1.82, 2.24) is 0 Å². The first-order valence-corrected chi connectivity index (χ1v) is 8.36. The molecule has 0 aliphatic rings. The number of carbonyl (C=O) groups is 2. The van der Waals surface area contributed by atoms with Gasteiger partial charge in [-0.25, -0.2) is 0 Å². The molecule has 4 nitrogen and oxygen atoms in total. The summed E-state index contributed by atoms with van der Waals surface area (Å²) in [5.41, 5.74) is 1.88. The number of benzene rings is 3. The van der Waals surface area contributed by atoms with Gasteiger partial charge in [-0.15, -0.1) is 0 Å². The Bertz CT molecular complexity index is 771. The maximum atomic E-state index is 11.9. The van der Waals surface area contributed by atoms with Crippen LogP contribution < -0.4 is 0 Å². The van der Waals surface area contributed by atoms with Crippen molar-refractivity contribution in [3.8, 4) is 0 Å². The van der Waals surface area contributed by atoms with E-state index in [-0.39, 0.29) is 5.78 Å². The Labute approximate surface area is 160 Å². The third-order valence-electron chi connectivity index (χ3n) is 3.36. The molecule has 140 valence electrons. The molecule has 3 aromatic rings. The summed E-state index contributed by atoms with van der Waals surface area (Å²) in [6.45, 7) is 0. The highest BCUT2D eigenvalue weighted by Crippen LogP contribution is 2.17. The summed E-state index contributed by atoms with van der Waals surface area (Å²) in [4.78, 5) is 21.9. The van der Waals surface area contributed by atoms with Crippen LogP contribution in [-0.2, 0) is 4.74 Å². The van der Waals surface area contributed by atoms with Crippen molar-refractivity contribution < 1.29 is 19.4 Å². The monoisotopic (exact) mass is 364 g/mol. The highest BCUT2D eigenvalue weighted by molar-refractivity contribution is 5.99. The minimum absolute atomic E-state index is 0.271. The number of carbonyl (C=O) groups excluding carboxylic acids is 2. The molecule has 3 aromatic carbocycles. The van der Waals surface area contributed by atoms with E-state index < -0.39 is 6.10 Å². The van der Waals surface area contributed by atoms with Crippen LogP contribution in [0.2, 0.25) is 0 Å². The molecule has 0 heterocycles. The van der Waals surface area contributed by atoms with Crippen LogP contribution >= 0.6 is 0 Å². The highest BCUT2D eigenvalue weighted by Gasteiger charge is 2.18. The number of ketones is 1. The van der Waals surface area contributed by atoms with Gasteiger partial charge in [-0.05, 0) is 5.56 Å². The number of rotatable bonds is 4. The summed E-state index contributed by atoms with van der Waals surface area (Å²) in [5.74, 6) is -0.271. The fourth-order valence-electron chi connectivity index (χ4n) is 2.08. The van der Waals surface area contributed by atoms with Gasteiger partial charge in [0.1, 0.15) is 12.4 Å². The molecular weight excluding hydrogens is 340 g/mol. The molecule has 3 rings (SSSR count). The molecule has 0 aliphatic heterocycles. The quantitative estimate of drug-likeness (QED) is 0.552. The molecule has 1 unspecified atom stereocenters. The number of aliphatic hydroxyl groups is 1. The van der Waals surface area contributed by atoms with Crippen molar-refractivity contribution in [1.29, 1.82) is 0 Å². The lowest BCUT2D eigenvalue weighted by molar-refractivity contribution is 0.0747. The van der Waals surface area contributed by atoms with E-state index in [9.17, 15) is 14.7 Å². The van der Waals surface area contributed by atoms with E-state index in [1.165, 1.54) is 0 Å². The zero-order chi connectivity index (χ0) is 19.9. The molecule has 0 spiro atoms. The Balaban J connectivity index is 0.000000277. The van der Waals surface area contributed by atoms with Crippen LogP contribution in [0, 0.1) is 0 Å². The summed E-state index contributed by atoms with van der Waals surface area (Å²) in [7, 11) is 3.25. The second-order valence-electron chi connectivity index (χ2n) is 5.48. The normalized spacial score (nSPS) is 10.3. The van der Waals surface area contributed by atoms with Crippen LogP contribution in [0.5, 0.6) is 0 Å². The molecule has 0 aliphatic carbocycles. The molecule has 27 heavy (non-hydrogen) atoms. The lowest BCUT2D eigenvalue weighted by Gasteiger charge is -2.09. The van der Waals surface area contributed by atoms with E-state index in [4.69, 9.17) is 0 Å². The lowest BCUT2D eigenvalue weighted by Crippen LogP contribution is -2.11. The maximum absolute atomic E-state index is 11.9. The first-order chi connectivity index (χ1) is 13.1. The number of ether oxygens (including phenoxy) is 1. The fourth-order valence-corrected chi connectivity index (χ4v) is 2.08. The van der Waals surface area contributed by atoms with E-state index in [1.807, 2.05) is 30.3 Å². The molecule has 0 radical (unpaired) electrons. The van der Waals surface area contributed by atoms with Gasteiger partial charge in [-0.3, -0.25) is 9.59 Å². The van der Waals surface area contributed by atoms with Gasteiger partial charge < -0.3 is 9.84 Å². The topological polar surface area (TPSA) is 63.6 Å². The summed E-state index contributed by atoms with van der Waals surface area (Å²) < 4.78 is 4.25. The third-order valence-corrected chi connectivity index (χ3v) is 3.36. The summed E-state index contributed by atoms with van der Waals surface area (Å²) >= 11 is 0. The van der Waals surface area contributed by atoms with Gasteiger partial charge in [0.25, 0.3) is 0 Å². The van der Waals surface area contributed by atoms with Gasteiger partial charge in [0, 0.05) is 25.3 Å². The molecule has 0 saturated heterocycles. The molecule has 0 saturated carbocycles. The number of hydrogen-bond acceptors (Lipinski definition) is 4. The van der Waals surface area contributed by atoms with Crippen LogP contribution in [0.15, 0.2) is 91.0 Å². The largest absolute Gasteiger partial charge is 0.388 e. The Hall–Kier alpha value is -3.08. The third kappa shape index (κ3) is 8.23. The van der Waals surface area contributed by atoms with Gasteiger partial charge in [0.15, 0.2) is 5.78 Å². The van der Waals surface area contributed by atoms with E-state index >= 15 is 0 Å². The number of methoxy groups -OCH3 is 1. The first-order valence-electron chi connectivity index (χ1n) is 8.36. The number of aliphatic hydroxyl groups excluding tert-OH is 1. The summed E-state index contributed by atoms with van der Waals surface area (Å²) in [6.07, 6.45) is -0.247. The first kappa shape index (κ1) is 22.0. The predicted molar refractivity (Wildman–Crippen MR) is 107 cm³/mol. The van der Waals surface area contributed by atoms with Gasteiger partial charge >= 0.3 is 0 Å². The minimum atomic E-state index is -1.08. The zero-order valence-electron chi connectivity index (χ0n) is 15.5. The predicted octanol–water partition coefficient (Wildman–Crippen LogP) is 4.36. The molecule has 0 fully saturated rings. The Kier molecular flexibility index (Phi) is 10.7. The van der Waals surface area contributed by atoms with Crippen molar-refractivity contribution in [2.24, 2.45) is 0 Å². The Morgan fingerprint density at radius 3 is 1.63 bits per heavy atom. The van der Waals surface area contributed by atoms with E-state index in [0.29, 0.717) is 11.1 Å². The molecule has 0 amide bonds. The lowest BCUT2D eigenvalue weighted by atomic mass is 10.0. The number of hydrogen-bond donors (Lipinski definition) is 1. The van der Waals surface area contributed by atoms with Crippen LogP contribution in [0.3, 0.4) is 0 Å². The van der Waals surface area contributed by atoms with Crippen LogP contribution in [0.1, 0.15) is 32.4 Å². The van der Waals surface area contributed by atoms with Gasteiger partial charge in [0.05, 0.1) is 0 Å². The Morgan fingerprint density at radius 1 is 0.815 bits per heavy atom. The highest BCUT2D eigenvalue weighted by atomic mass is 16.4. The van der Waals surface area contributed by atoms with Crippen LogP contribution in [0.25, 0.3) is 0 Å². The molecular formula is C23H24O4. The van der Waals surface area contributed by atoms with Gasteiger partial charge in [-0.1, -0.05) is 91.0 Å². The van der Waals surface area contributed by atoms with Crippen molar-refractivity contribution in [2.75, 3.05) is 14.2 Å². The molecule has 1 N–H and O–H groups in total. The average molecular weight is 364 g/mol. The second kappa shape index (κ2) is 13.2. The second-order valence-corrected chi connectivity index (χ2v) is 5.48. The van der Waals surface area contributed by atoms with E-state index in [2.05, 4.69) is 4.74 Å². The summed E-state index contributed by atoms with van der Waals surface area (Å²) in [6, 6.07) is 26.8. The Morgan fingerprint density at radius 2 is 1.22 bits per heavy atom. The maximum Gasteiger partial charge on any atom is 0.195 e. The SMILES string of the molecule is COC.O=C(c1ccccc1)C(O)c1ccccc1.O=Cc1ccccc1. The fraction of sp³-hybridized carbons (Fsp3) is 0.130. The zero-order valence-corrected chi connectivity index (χ0v) is 15.5. The van der Waals surface area contributed by atoms with E-state index in [0.717, 1.165) is 11.8 Å². The summed E-state index contributed by atoms with van der Waals surface area (Å²) in [5, 5.41) is 9.89. The van der Waals surface area contributed by atoms with E-state index in [1.54, 1.807) is 74.9 Å².